The third-order valence-electron chi connectivity index (χ3n) is 5.70. The molecule has 0 atom stereocenters. The average Bonchev–Trinajstić information content (AvgIpc) is 3.34. The van der Waals surface area contributed by atoms with Crippen LogP contribution in [-0.2, 0) is 9.59 Å². The fourth-order valence-corrected chi connectivity index (χ4v) is 3.79. The van der Waals surface area contributed by atoms with Crippen molar-refractivity contribution in [2.45, 2.75) is 39.0 Å². The lowest BCUT2D eigenvalue weighted by molar-refractivity contribution is -0.120. The fourth-order valence-electron chi connectivity index (χ4n) is 3.79. The quantitative estimate of drug-likeness (QED) is 0.606. The van der Waals surface area contributed by atoms with Crippen LogP contribution in [0, 0.1) is 5.92 Å². The number of anilines is 1. The molecule has 31 heavy (non-hydrogen) atoms. The van der Waals surface area contributed by atoms with Crippen molar-refractivity contribution in [3.63, 3.8) is 0 Å². The number of fused-ring (bicyclic) bond motifs is 1. The van der Waals surface area contributed by atoms with Gasteiger partial charge in [-0.1, -0.05) is 24.3 Å². The predicted molar refractivity (Wildman–Crippen MR) is 120 cm³/mol. The first-order valence-electron chi connectivity index (χ1n) is 11.1. The number of nitrogens with one attached hydrogen (secondary N) is 2. The van der Waals surface area contributed by atoms with Gasteiger partial charge in [0.05, 0.1) is 5.69 Å². The van der Waals surface area contributed by atoms with Gasteiger partial charge in [0.2, 0.25) is 17.8 Å². The summed E-state index contributed by atoms with van der Waals surface area (Å²) in [5, 5.41) is 10.3. The lowest BCUT2D eigenvalue weighted by Crippen LogP contribution is -2.33. The molecule has 0 aromatic carbocycles. The number of hydrogen-bond donors (Lipinski definition) is 2. The molecule has 164 valence electrons. The van der Waals surface area contributed by atoms with Gasteiger partial charge in [-0.15, -0.1) is 5.10 Å². The smallest absolute Gasteiger partial charge is 0.249 e. The maximum absolute atomic E-state index is 12.1. The van der Waals surface area contributed by atoms with Gasteiger partial charge in [-0.25, -0.2) is 4.52 Å². The van der Waals surface area contributed by atoms with Crippen LogP contribution in [-0.4, -0.2) is 57.5 Å². The number of aromatic nitrogens is 3. The van der Waals surface area contributed by atoms with Gasteiger partial charge in [-0.05, 0) is 63.4 Å². The Labute approximate surface area is 182 Å². The molecule has 2 N–H and O–H groups in total. The predicted octanol–water partition coefficient (Wildman–Crippen LogP) is 2.64. The molecule has 2 fully saturated rings. The van der Waals surface area contributed by atoms with E-state index in [1.54, 1.807) is 4.52 Å². The van der Waals surface area contributed by atoms with E-state index in [0.717, 1.165) is 43.7 Å². The zero-order valence-corrected chi connectivity index (χ0v) is 18.0. The highest BCUT2D eigenvalue weighted by Gasteiger charge is 2.30. The molecule has 1 aliphatic heterocycles. The van der Waals surface area contributed by atoms with E-state index in [-0.39, 0.29) is 17.7 Å². The number of amides is 2. The number of pyridine rings is 1. The molecule has 2 amide bonds. The number of allylic oxidation sites excluding steroid dienone is 3. The zero-order chi connectivity index (χ0) is 21.6. The molecule has 0 spiro atoms. The summed E-state index contributed by atoms with van der Waals surface area (Å²) in [4.78, 5) is 31.0. The molecule has 0 unspecified atom stereocenters. The fraction of sp³-hybridized carbons (Fsp3) is 0.478. The summed E-state index contributed by atoms with van der Waals surface area (Å²) in [5.74, 6) is 0.428. The van der Waals surface area contributed by atoms with E-state index in [1.807, 2.05) is 43.4 Å². The molecule has 4 rings (SSSR count). The second-order valence-corrected chi connectivity index (χ2v) is 8.13. The van der Waals surface area contributed by atoms with Crippen molar-refractivity contribution >= 4 is 29.0 Å². The first kappa shape index (κ1) is 21.2. The third-order valence-corrected chi connectivity index (χ3v) is 5.70. The van der Waals surface area contributed by atoms with Crippen LogP contribution in [0.3, 0.4) is 0 Å². The number of carbonyl (C=O) groups excluding carboxylic acids is 2. The highest BCUT2D eigenvalue weighted by atomic mass is 16.2. The highest BCUT2D eigenvalue weighted by molar-refractivity contribution is 5.92. The maximum atomic E-state index is 12.1. The normalized spacial score (nSPS) is 17.5. The maximum Gasteiger partial charge on any atom is 0.249 e. The Hall–Kier alpha value is -3.00. The Morgan fingerprint density at radius 3 is 2.77 bits per heavy atom. The van der Waals surface area contributed by atoms with Gasteiger partial charge in [0.1, 0.15) is 0 Å². The lowest BCUT2D eigenvalue weighted by Gasteiger charge is -2.14. The Morgan fingerprint density at radius 1 is 1.23 bits per heavy atom. The summed E-state index contributed by atoms with van der Waals surface area (Å²) in [6.45, 7) is 5.84. The third kappa shape index (κ3) is 5.58. The molecule has 2 aliphatic rings. The molecular formula is C23H30N6O2. The molecular weight excluding hydrogens is 392 g/mol. The van der Waals surface area contributed by atoms with Gasteiger partial charge >= 0.3 is 0 Å². The zero-order valence-electron chi connectivity index (χ0n) is 18.0. The summed E-state index contributed by atoms with van der Waals surface area (Å²) in [7, 11) is 0. The van der Waals surface area contributed by atoms with Crippen LogP contribution in [0.1, 0.15) is 44.7 Å². The van der Waals surface area contributed by atoms with Gasteiger partial charge < -0.3 is 10.2 Å². The van der Waals surface area contributed by atoms with Crippen molar-refractivity contribution in [2.75, 3.05) is 31.5 Å². The van der Waals surface area contributed by atoms with E-state index in [9.17, 15) is 9.59 Å². The second-order valence-electron chi connectivity index (χ2n) is 8.13. The molecule has 1 aliphatic carbocycles. The SMILES string of the molecule is C/C=C(\C=C/CC(=O)NCCN1CCCC1)c1cccc2nc(NC(=O)C3CC3)nn12. The Balaban J connectivity index is 1.35. The number of rotatable bonds is 9. The summed E-state index contributed by atoms with van der Waals surface area (Å²) in [5.41, 5.74) is 2.45. The van der Waals surface area contributed by atoms with Crippen molar-refractivity contribution in [1.82, 2.24) is 24.8 Å². The summed E-state index contributed by atoms with van der Waals surface area (Å²) >= 11 is 0. The van der Waals surface area contributed by atoms with E-state index in [0.29, 0.717) is 24.6 Å². The van der Waals surface area contributed by atoms with Crippen molar-refractivity contribution in [2.24, 2.45) is 5.92 Å². The van der Waals surface area contributed by atoms with Crippen molar-refractivity contribution in [1.29, 1.82) is 0 Å². The molecule has 0 radical (unpaired) electrons. The minimum absolute atomic E-state index is 0.0145. The van der Waals surface area contributed by atoms with E-state index >= 15 is 0 Å². The molecule has 3 heterocycles. The van der Waals surface area contributed by atoms with Crippen LogP contribution in [0.4, 0.5) is 5.95 Å². The second kappa shape index (κ2) is 9.87. The summed E-state index contributed by atoms with van der Waals surface area (Å²) < 4.78 is 1.72. The molecule has 8 nitrogen and oxygen atoms in total. The number of nitrogens with zero attached hydrogens (tertiary/aromatic N) is 4. The van der Waals surface area contributed by atoms with Crippen molar-refractivity contribution in [3.8, 4) is 0 Å². The van der Waals surface area contributed by atoms with Gasteiger partial charge in [-0.2, -0.15) is 4.98 Å². The average molecular weight is 423 g/mol. The van der Waals surface area contributed by atoms with E-state index in [1.165, 1.54) is 12.8 Å². The van der Waals surface area contributed by atoms with Gasteiger partial charge in [-0.3, -0.25) is 14.9 Å². The minimum Gasteiger partial charge on any atom is -0.355 e. The van der Waals surface area contributed by atoms with Gasteiger partial charge in [0, 0.05) is 25.4 Å². The summed E-state index contributed by atoms with van der Waals surface area (Å²) in [6, 6.07) is 5.71. The molecule has 8 heteroatoms. The Kier molecular flexibility index (Phi) is 6.76. The van der Waals surface area contributed by atoms with Gasteiger partial charge in [0.25, 0.3) is 0 Å². The Morgan fingerprint density at radius 2 is 2.03 bits per heavy atom. The van der Waals surface area contributed by atoms with Crippen LogP contribution in [0.2, 0.25) is 0 Å². The highest BCUT2D eigenvalue weighted by Crippen LogP contribution is 2.30. The van der Waals surface area contributed by atoms with Crippen LogP contribution in [0.25, 0.3) is 11.2 Å². The molecule has 2 aromatic heterocycles. The van der Waals surface area contributed by atoms with Crippen molar-refractivity contribution in [3.05, 3.63) is 42.1 Å². The van der Waals surface area contributed by atoms with Gasteiger partial charge in [0.15, 0.2) is 5.65 Å². The first-order valence-corrected chi connectivity index (χ1v) is 11.1. The topological polar surface area (TPSA) is 91.6 Å². The number of hydrogen-bond acceptors (Lipinski definition) is 5. The standard InChI is InChI=1S/C23H30N6O2/c1-2-17(7-5-10-21(30)24-13-16-28-14-3-4-15-28)19-8-6-9-20-25-23(27-29(19)20)26-22(31)18-11-12-18/h2,5-9,18H,3-4,10-16H2,1H3,(H,24,30)(H,26,27,31)/b7-5-,17-2+. The molecule has 1 saturated carbocycles. The van der Waals surface area contributed by atoms with E-state index < -0.39 is 0 Å². The van der Waals surface area contributed by atoms with Crippen LogP contribution >= 0.6 is 0 Å². The molecule has 0 bridgehead atoms. The van der Waals surface area contributed by atoms with Crippen LogP contribution in [0.5, 0.6) is 0 Å². The van der Waals surface area contributed by atoms with Crippen molar-refractivity contribution < 1.29 is 9.59 Å². The largest absolute Gasteiger partial charge is 0.355 e. The first-order chi connectivity index (χ1) is 15.1. The lowest BCUT2D eigenvalue weighted by atomic mass is 10.1. The molecule has 2 aromatic rings. The summed E-state index contributed by atoms with van der Waals surface area (Å²) in [6.07, 6.45) is 10.5. The van der Waals surface area contributed by atoms with E-state index in [2.05, 4.69) is 25.6 Å². The van der Waals surface area contributed by atoms with E-state index in [4.69, 9.17) is 0 Å². The monoisotopic (exact) mass is 422 g/mol. The van der Waals surface area contributed by atoms with Crippen LogP contribution < -0.4 is 10.6 Å². The number of likely N-dealkylation sites (tertiary alicyclic amines) is 1. The number of carbonyl (C=O) groups is 2. The van der Waals surface area contributed by atoms with Crippen LogP contribution in [0.15, 0.2) is 36.4 Å². The Bertz CT molecular complexity index is 999. The molecule has 1 saturated heterocycles. The minimum atomic E-state index is -0.0145.